The van der Waals surface area contributed by atoms with Gasteiger partial charge in [0.2, 0.25) is 0 Å². The molecule has 1 aromatic heterocycles. The SMILES string of the molecule is O=c1c(=Cc2cccc(O)c2)sc2n1C(c1ccccc1)C1=C(N=2)c2ccccc2CC1. The molecule has 0 radical (unpaired) electrons. The second-order valence-electron chi connectivity index (χ2n) is 8.12. The lowest BCUT2D eigenvalue weighted by molar-refractivity contribution is 0.475. The molecule has 0 saturated heterocycles. The van der Waals surface area contributed by atoms with Crippen LogP contribution in [0.2, 0.25) is 0 Å². The molecule has 2 aliphatic rings. The van der Waals surface area contributed by atoms with Gasteiger partial charge in [0.1, 0.15) is 5.75 Å². The normalized spacial score (nSPS) is 17.4. The highest BCUT2D eigenvalue weighted by Gasteiger charge is 2.32. The molecular formula is C27H20N2O2S. The van der Waals surface area contributed by atoms with Crippen molar-refractivity contribution in [3.63, 3.8) is 0 Å². The summed E-state index contributed by atoms with van der Waals surface area (Å²) >= 11 is 1.40. The Morgan fingerprint density at radius 2 is 1.78 bits per heavy atom. The molecule has 1 unspecified atom stereocenters. The summed E-state index contributed by atoms with van der Waals surface area (Å²) in [6.45, 7) is 0. The van der Waals surface area contributed by atoms with Gasteiger partial charge in [-0.25, -0.2) is 4.99 Å². The van der Waals surface area contributed by atoms with Crippen molar-refractivity contribution in [2.24, 2.45) is 4.99 Å². The fourth-order valence-corrected chi connectivity index (χ4v) is 5.72. The lowest BCUT2D eigenvalue weighted by Crippen LogP contribution is -2.38. The first-order valence-corrected chi connectivity index (χ1v) is 11.5. The van der Waals surface area contributed by atoms with Gasteiger partial charge < -0.3 is 5.11 Å². The number of nitrogens with zero attached hydrogens (tertiary/aromatic N) is 2. The van der Waals surface area contributed by atoms with Gasteiger partial charge in [-0.05, 0) is 53.3 Å². The Labute approximate surface area is 188 Å². The highest BCUT2D eigenvalue weighted by Crippen LogP contribution is 2.41. The summed E-state index contributed by atoms with van der Waals surface area (Å²) in [7, 11) is 0. The van der Waals surface area contributed by atoms with E-state index in [9.17, 15) is 9.90 Å². The Morgan fingerprint density at radius 3 is 2.62 bits per heavy atom. The van der Waals surface area contributed by atoms with Crippen molar-refractivity contribution >= 4 is 23.1 Å². The Morgan fingerprint density at radius 1 is 0.969 bits per heavy atom. The van der Waals surface area contributed by atoms with E-state index in [4.69, 9.17) is 4.99 Å². The number of fused-ring (bicyclic) bond motifs is 3. The molecule has 5 heteroatoms. The molecule has 1 atom stereocenters. The van der Waals surface area contributed by atoms with E-state index in [-0.39, 0.29) is 17.4 Å². The molecule has 6 rings (SSSR count). The molecule has 4 aromatic rings. The average molecular weight is 437 g/mol. The first kappa shape index (κ1) is 19.0. The highest BCUT2D eigenvalue weighted by molar-refractivity contribution is 7.07. The Kier molecular flexibility index (Phi) is 4.44. The van der Waals surface area contributed by atoms with Crippen molar-refractivity contribution < 1.29 is 5.11 Å². The molecule has 1 aliphatic heterocycles. The summed E-state index contributed by atoms with van der Waals surface area (Å²) in [5.41, 5.74) is 6.52. The Bertz CT molecular complexity index is 1560. The van der Waals surface area contributed by atoms with Crippen LogP contribution in [0, 0.1) is 0 Å². The molecular weight excluding hydrogens is 416 g/mol. The molecule has 0 fully saturated rings. The molecule has 4 nitrogen and oxygen atoms in total. The van der Waals surface area contributed by atoms with Gasteiger partial charge in [-0.3, -0.25) is 9.36 Å². The number of hydrogen-bond acceptors (Lipinski definition) is 4. The summed E-state index contributed by atoms with van der Waals surface area (Å²) in [5.74, 6) is 0.181. The fourth-order valence-electron chi connectivity index (χ4n) is 4.72. The van der Waals surface area contributed by atoms with Crippen LogP contribution in [0.5, 0.6) is 5.75 Å². The zero-order chi connectivity index (χ0) is 21.7. The Balaban J connectivity index is 1.63. The smallest absolute Gasteiger partial charge is 0.271 e. The minimum atomic E-state index is -0.165. The summed E-state index contributed by atoms with van der Waals surface area (Å²) < 4.78 is 2.46. The molecule has 1 aliphatic carbocycles. The van der Waals surface area contributed by atoms with E-state index >= 15 is 0 Å². The molecule has 0 saturated carbocycles. The predicted molar refractivity (Wildman–Crippen MR) is 127 cm³/mol. The molecule has 0 amide bonds. The number of phenols is 1. The maximum Gasteiger partial charge on any atom is 0.271 e. The van der Waals surface area contributed by atoms with Gasteiger partial charge in [-0.2, -0.15) is 0 Å². The van der Waals surface area contributed by atoms with Crippen molar-refractivity contribution in [1.29, 1.82) is 0 Å². The minimum Gasteiger partial charge on any atom is -0.508 e. The first-order chi connectivity index (χ1) is 15.7. The van der Waals surface area contributed by atoms with Crippen molar-refractivity contribution in [2.45, 2.75) is 18.9 Å². The number of benzene rings is 3. The number of allylic oxidation sites excluding steroid dienone is 1. The molecule has 2 heterocycles. The highest BCUT2D eigenvalue weighted by atomic mass is 32.1. The second-order valence-corrected chi connectivity index (χ2v) is 9.13. The minimum absolute atomic E-state index is 0.0450. The topological polar surface area (TPSA) is 54.6 Å². The molecule has 0 bridgehead atoms. The van der Waals surface area contributed by atoms with Crippen LogP contribution in [0.3, 0.4) is 0 Å². The number of aromatic nitrogens is 1. The van der Waals surface area contributed by atoms with Gasteiger partial charge in [0.25, 0.3) is 5.56 Å². The van der Waals surface area contributed by atoms with E-state index < -0.39 is 0 Å². The van der Waals surface area contributed by atoms with Crippen LogP contribution in [0.1, 0.15) is 34.7 Å². The number of aryl methyl sites for hydroxylation is 1. The lowest BCUT2D eigenvalue weighted by Gasteiger charge is -2.30. The first-order valence-electron chi connectivity index (χ1n) is 10.7. The van der Waals surface area contributed by atoms with Crippen LogP contribution in [0.25, 0.3) is 11.8 Å². The molecule has 156 valence electrons. The molecule has 1 N–H and O–H groups in total. The average Bonchev–Trinajstić information content (AvgIpc) is 3.13. The van der Waals surface area contributed by atoms with E-state index in [1.54, 1.807) is 18.2 Å². The standard InChI is InChI=1S/C27H20N2O2S/c30-20-11-6-7-17(15-20)16-23-26(31)29-25(19-9-2-1-3-10-19)22-14-13-18-8-4-5-12-21(18)24(22)28-27(29)32-23/h1-12,15-16,25,30H,13-14H2. The van der Waals surface area contributed by atoms with E-state index in [0.717, 1.165) is 29.7 Å². The van der Waals surface area contributed by atoms with Crippen LogP contribution in [-0.2, 0) is 6.42 Å². The monoisotopic (exact) mass is 436 g/mol. The number of phenolic OH excluding ortho intramolecular Hbond substituents is 1. The zero-order valence-electron chi connectivity index (χ0n) is 17.2. The maximum atomic E-state index is 13.6. The van der Waals surface area contributed by atoms with Crippen LogP contribution in [0.4, 0.5) is 0 Å². The fraction of sp³-hybridized carbons (Fsp3) is 0.111. The van der Waals surface area contributed by atoms with Crippen molar-refractivity contribution in [1.82, 2.24) is 4.57 Å². The van der Waals surface area contributed by atoms with Gasteiger partial charge in [-0.1, -0.05) is 78.1 Å². The Hall–Kier alpha value is -3.70. The van der Waals surface area contributed by atoms with E-state index in [0.29, 0.717) is 9.33 Å². The largest absolute Gasteiger partial charge is 0.508 e. The van der Waals surface area contributed by atoms with Crippen molar-refractivity contribution in [3.05, 3.63) is 126 Å². The van der Waals surface area contributed by atoms with E-state index in [2.05, 4.69) is 36.4 Å². The third-order valence-corrected chi connectivity index (χ3v) is 7.14. The quantitative estimate of drug-likeness (QED) is 0.516. The van der Waals surface area contributed by atoms with Crippen LogP contribution in [0.15, 0.2) is 94.2 Å². The molecule has 32 heavy (non-hydrogen) atoms. The summed E-state index contributed by atoms with van der Waals surface area (Å²) in [5, 5.41) is 9.82. The number of thiazole rings is 1. The van der Waals surface area contributed by atoms with Gasteiger partial charge in [0, 0.05) is 5.56 Å². The number of hydrogen-bond donors (Lipinski definition) is 1. The predicted octanol–water partition coefficient (Wildman–Crippen LogP) is 4.02. The third-order valence-electron chi connectivity index (χ3n) is 6.16. The van der Waals surface area contributed by atoms with Gasteiger partial charge in [-0.15, -0.1) is 0 Å². The van der Waals surface area contributed by atoms with Gasteiger partial charge in [0.05, 0.1) is 16.3 Å². The van der Waals surface area contributed by atoms with E-state index in [1.807, 2.05) is 34.9 Å². The summed E-state index contributed by atoms with van der Waals surface area (Å²) in [6.07, 6.45) is 3.66. The maximum absolute atomic E-state index is 13.6. The number of aromatic hydroxyl groups is 1. The third kappa shape index (κ3) is 3.05. The van der Waals surface area contributed by atoms with Crippen LogP contribution in [-0.4, -0.2) is 9.67 Å². The zero-order valence-corrected chi connectivity index (χ0v) is 18.0. The second kappa shape index (κ2) is 7.46. The van der Waals surface area contributed by atoms with Gasteiger partial charge >= 0.3 is 0 Å². The number of rotatable bonds is 2. The molecule has 0 spiro atoms. The van der Waals surface area contributed by atoms with Crippen molar-refractivity contribution in [3.8, 4) is 5.75 Å². The van der Waals surface area contributed by atoms with Crippen molar-refractivity contribution in [2.75, 3.05) is 0 Å². The van der Waals surface area contributed by atoms with Gasteiger partial charge in [0.15, 0.2) is 4.80 Å². The van der Waals surface area contributed by atoms with E-state index in [1.165, 1.54) is 28.0 Å². The molecule has 3 aromatic carbocycles. The van der Waals surface area contributed by atoms with Crippen LogP contribution < -0.4 is 14.9 Å². The lowest BCUT2D eigenvalue weighted by atomic mass is 9.83. The van der Waals surface area contributed by atoms with Crippen LogP contribution >= 0.6 is 11.3 Å². The summed E-state index contributed by atoms with van der Waals surface area (Å²) in [4.78, 5) is 19.3. The summed E-state index contributed by atoms with van der Waals surface area (Å²) in [6, 6.07) is 25.4.